The van der Waals surface area contributed by atoms with Crippen molar-refractivity contribution in [1.29, 1.82) is 0 Å². The Morgan fingerprint density at radius 2 is 1.60 bits per heavy atom. The molecule has 236 valence electrons. The third-order valence-electron chi connectivity index (χ3n) is 5.59. The van der Waals surface area contributed by atoms with E-state index in [0.717, 1.165) is 46.3 Å². The number of ether oxygens (including phenoxy) is 6. The lowest BCUT2D eigenvalue weighted by atomic mass is 9.88. The molecule has 1 fully saturated rings. The zero-order valence-corrected chi connectivity index (χ0v) is 25.0. The Kier molecular flexibility index (Phi) is 12.3. The van der Waals surface area contributed by atoms with Crippen molar-refractivity contribution in [3.8, 4) is 0 Å². The second-order valence-corrected chi connectivity index (χ2v) is 9.69. The molecule has 16 nitrogen and oxygen atoms in total. The summed E-state index contributed by atoms with van der Waals surface area (Å²) >= 11 is 5.15. The van der Waals surface area contributed by atoms with Crippen LogP contribution in [0.1, 0.15) is 48.0 Å². The van der Waals surface area contributed by atoms with Crippen LogP contribution in [0.15, 0.2) is 24.4 Å². The Hall–Kier alpha value is -4.38. The van der Waals surface area contributed by atoms with Gasteiger partial charge in [-0.25, -0.2) is 4.79 Å². The Labute approximate surface area is 250 Å². The fourth-order valence-corrected chi connectivity index (χ4v) is 4.40. The van der Waals surface area contributed by atoms with Gasteiger partial charge in [0.05, 0.1) is 12.5 Å². The molecule has 1 aromatic heterocycles. The summed E-state index contributed by atoms with van der Waals surface area (Å²) < 4.78 is 33.4. The Morgan fingerprint density at radius 3 is 2.12 bits per heavy atom. The minimum atomic E-state index is -2.71. The zero-order chi connectivity index (χ0) is 32.5. The van der Waals surface area contributed by atoms with Crippen LogP contribution in [0.5, 0.6) is 0 Å². The molecule has 43 heavy (non-hydrogen) atoms. The van der Waals surface area contributed by atoms with Crippen molar-refractivity contribution >= 4 is 53.9 Å². The molecule has 1 N–H and O–H groups in total. The molecule has 1 amide bonds. The van der Waals surface area contributed by atoms with Crippen LogP contribution in [0, 0.1) is 4.64 Å². The summed E-state index contributed by atoms with van der Waals surface area (Å²) in [6.07, 6.45) is -6.08. The molecule has 0 radical (unpaired) electrons. The number of hydrogen-bond acceptors (Lipinski definition) is 15. The van der Waals surface area contributed by atoms with Crippen LogP contribution < -0.4 is 10.2 Å². The maximum absolute atomic E-state index is 13.7. The first-order valence-corrected chi connectivity index (χ1v) is 13.2. The topological polar surface area (TPSA) is 201 Å². The normalized spacial score (nSPS) is 22.5. The van der Waals surface area contributed by atoms with Crippen LogP contribution in [0.4, 0.5) is 0 Å². The van der Waals surface area contributed by atoms with Crippen LogP contribution in [-0.4, -0.2) is 89.3 Å². The van der Waals surface area contributed by atoms with Crippen molar-refractivity contribution in [1.82, 2.24) is 10.0 Å². The van der Waals surface area contributed by atoms with E-state index in [1.165, 1.54) is 18.3 Å². The molecule has 0 unspecified atom stereocenters. The summed E-state index contributed by atoms with van der Waals surface area (Å²) in [4.78, 5) is 91.7. The Balaban J connectivity index is 2.80. The first kappa shape index (κ1) is 34.8. The number of esters is 5. The Bertz CT molecular complexity index is 1310. The minimum absolute atomic E-state index is 0.0305. The van der Waals surface area contributed by atoms with E-state index in [1.807, 2.05) is 0 Å². The van der Waals surface area contributed by atoms with E-state index in [-0.39, 0.29) is 4.64 Å². The molecule has 17 heteroatoms. The lowest BCUT2D eigenvalue weighted by Gasteiger charge is -2.47. The molecule has 0 aromatic carbocycles. The van der Waals surface area contributed by atoms with Crippen LogP contribution in [0.3, 0.4) is 0 Å². The van der Waals surface area contributed by atoms with Gasteiger partial charge in [-0.1, -0.05) is 18.3 Å². The van der Waals surface area contributed by atoms with Gasteiger partial charge < -0.3 is 38.6 Å². The quantitative estimate of drug-likeness (QED) is 0.196. The fraction of sp³-hybridized carbons (Fsp3) is 0.538. The zero-order valence-electron chi connectivity index (χ0n) is 24.2. The summed E-state index contributed by atoms with van der Waals surface area (Å²) in [7, 11) is 0. The van der Waals surface area contributed by atoms with Gasteiger partial charge in [0.15, 0.2) is 12.2 Å². The number of nitrogens with zero attached hydrogens (tertiary/aromatic N) is 1. The number of carbonyl (C=O) groups is 7. The average Bonchev–Trinajstić information content (AvgIpc) is 2.86. The SMILES string of the molecule is CC(=O)N[C@H]1[C@H]([C@H](OC(C)=O)[C@@H](COC(C)=O)OC(C)=O)O[C@](OC(C)=O)(C(=O)On2ccccc2=S)C[C@@H]1OC(C)=O. The van der Waals surface area contributed by atoms with Crippen molar-refractivity contribution in [2.24, 2.45) is 0 Å². The molecule has 6 atom stereocenters. The summed E-state index contributed by atoms with van der Waals surface area (Å²) in [5.41, 5.74) is 0. The number of pyridine rings is 1. The van der Waals surface area contributed by atoms with E-state index in [9.17, 15) is 33.6 Å². The maximum atomic E-state index is 13.7. The van der Waals surface area contributed by atoms with E-state index in [2.05, 4.69) is 5.32 Å². The van der Waals surface area contributed by atoms with Crippen LogP contribution >= 0.6 is 12.2 Å². The maximum Gasteiger partial charge on any atom is 0.405 e. The second-order valence-electron chi connectivity index (χ2n) is 9.28. The number of aromatic nitrogens is 1. The molecule has 0 aliphatic carbocycles. The molecule has 0 bridgehead atoms. The fourth-order valence-electron chi connectivity index (χ4n) is 4.23. The van der Waals surface area contributed by atoms with Crippen molar-refractivity contribution in [2.45, 2.75) is 84.2 Å². The van der Waals surface area contributed by atoms with Gasteiger partial charge >= 0.3 is 41.6 Å². The Morgan fingerprint density at radius 1 is 0.953 bits per heavy atom. The van der Waals surface area contributed by atoms with Crippen molar-refractivity contribution < 1.29 is 66.8 Å². The highest BCUT2D eigenvalue weighted by molar-refractivity contribution is 7.71. The van der Waals surface area contributed by atoms with Crippen molar-refractivity contribution in [2.75, 3.05) is 6.61 Å². The lowest BCUT2D eigenvalue weighted by molar-refractivity contribution is -0.305. The predicted octanol–water partition coefficient (Wildman–Crippen LogP) is 0.0840. The molecular formula is C26H32N2O14S. The minimum Gasteiger partial charge on any atom is -0.462 e. The van der Waals surface area contributed by atoms with Crippen LogP contribution in [0.2, 0.25) is 0 Å². The number of amides is 1. The summed E-state index contributed by atoms with van der Waals surface area (Å²) in [5, 5.41) is 2.51. The smallest absolute Gasteiger partial charge is 0.405 e. The van der Waals surface area contributed by atoms with E-state index in [4.69, 9.17) is 45.5 Å². The molecular weight excluding hydrogens is 596 g/mol. The summed E-state index contributed by atoms with van der Waals surface area (Å²) in [5.74, 6) is -9.33. The van der Waals surface area contributed by atoms with Crippen LogP contribution in [0.25, 0.3) is 0 Å². The van der Waals surface area contributed by atoms with Crippen molar-refractivity contribution in [3.05, 3.63) is 29.0 Å². The number of rotatable bonds is 11. The number of nitrogens with one attached hydrogen (secondary N) is 1. The lowest BCUT2D eigenvalue weighted by Crippen LogP contribution is -2.70. The van der Waals surface area contributed by atoms with Gasteiger partial charge in [-0.2, -0.15) is 4.73 Å². The molecule has 1 aliphatic rings. The molecule has 1 saturated heterocycles. The molecule has 2 rings (SSSR count). The average molecular weight is 629 g/mol. The van der Waals surface area contributed by atoms with Gasteiger partial charge in [0.25, 0.3) is 0 Å². The molecule has 2 heterocycles. The number of carbonyl (C=O) groups excluding carboxylic acids is 7. The van der Waals surface area contributed by atoms with Gasteiger partial charge in [0.2, 0.25) is 5.91 Å². The molecule has 0 saturated carbocycles. The first-order valence-electron chi connectivity index (χ1n) is 12.7. The predicted molar refractivity (Wildman–Crippen MR) is 142 cm³/mol. The highest BCUT2D eigenvalue weighted by Gasteiger charge is 2.61. The van der Waals surface area contributed by atoms with Gasteiger partial charge in [0, 0.05) is 47.7 Å². The monoisotopic (exact) mass is 628 g/mol. The van der Waals surface area contributed by atoms with E-state index in [0.29, 0.717) is 0 Å². The van der Waals surface area contributed by atoms with Gasteiger partial charge in [-0.05, 0) is 12.1 Å². The van der Waals surface area contributed by atoms with Crippen LogP contribution in [-0.2, 0) is 62.0 Å². The van der Waals surface area contributed by atoms with E-state index >= 15 is 0 Å². The van der Waals surface area contributed by atoms with Gasteiger partial charge in [0.1, 0.15) is 23.5 Å². The van der Waals surface area contributed by atoms with E-state index in [1.54, 1.807) is 6.07 Å². The van der Waals surface area contributed by atoms with Crippen molar-refractivity contribution in [3.63, 3.8) is 0 Å². The largest absolute Gasteiger partial charge is 0.462 e. The molecule has 1 aliphatic heterocycles. The highest BCUT2D eigenvalue weighted by atomic mass is 32.1. The second kappa shape index (κ2) is 15.2. The summed E-state index contributed by atoms with van der Waals surface area (Å²) in [6, 6.07) is 3.06. The highest BCUT2D eigenvalue weighted by Crippen LogP contribution is 2.37. The first-order chi connectivity index (χ1) is 20.0. The molecule has 0 spiro atoms. The summed E-state index contributed by atoms with van der Waals surface area (Å²) in [6.45, 7) is 5.51. The number of hydrogen-bond donors (Lipinski definition) is 1. The third kappa shape index (κ3) is 10.1. The van der Waals surface area contributed by atoms with E-state index < -0.39 is 91.0 Å². The molecule has 1 aromatic rings. The van der Waals surface area contributed by atoms with Gasteiger partial charge in [-0.15, -0.1) is 0 Å². The standard InChI is InChI=1S/C26H32N2O14S/c1-13(29)27-22-19(37-15(3)31)11-26(40-18(6)34,25(35)42-28-10-8-7-9-21(28)43)41-24(22)23(39-17(5)33)20(38-16(4)32)12-36-14(2)30/h7-10,19-20,22-24H,11-12H2,1-6H3,(H,27,29)/t19-,20+,22+,23+,24+,26-/m0/s1. The van der Waals surface area contributed by atoms with Gasteiger partial charge in [-0.3, -0.25) is 28.8 Å². The third-order valence-corrected chi connectivity index (χ3v) is 5.90.